The minimum absolute atomic E-state index is 0.0709. The number of sulfonamides is 1. The van der Waals surface area contributed by atoms with E-state index in [2.05, 4.69) is 4.98 Å². The lowest BCUT2D eigenvalue weighted by Crippen LogP contribution is -2.38. The van der Waals surface area contributed by atoms with E-state index in [1.54, 1.807) is 24.3 Å². The van der Waals surface area contributed by atoms with Crippen molar-refractivity contribution < 1.29 is 32.1 Å². The van der Waals surface area contributed by atoms with E-state index in [9.17, 15) is 13.2 Å². The van der Waals surface area contributed by atoms with E-state index in [0.29, 0.717) is 67.1 Å². The topological polar surface area (TPSA) is 116 Å². The number of rotatable bonds is 6. The molecule has 0 radical (unpaired) electrons. The predicted molar refractivity (Wildman–Crippen MR) is 130 cm³/mol. The first-order valence-electron chi connectivity index (χ1n) is 11.9. The number of nitrogens with zero attached hydrogens (tertiary/aromatic N) is 1. The molecule has 4 heterocycles. The number of ether oxygens (including phenoxy) is 5. The molecule has 10 nitrogen and oxygen atoms in total. The van der Waals surface area contributed by atoms with Gasteiger partial charge in [-0.3, -0.25) is 4.79 Å². The first kappa shape index (κ1) is 23.1. The van der Waals surface area contributed by atoms with Crippen LogP contribution >= 0.6 is 0 Å². The van der Waals surface area contributed by atoms with Gasteiger partial charge < -0.3 is 28.7 Å². The average Bonchev–Trinajstić information content (AvgIpc) is 3.40. The fraction of sp³-hybridized carbons (Fsp3) is 0.400. The number of hydrogen-bond donors (Lipinski definition) is 1. The molecule has 0 spiro atoms. The zero-order chi connectivity index (χ0) is 24.7. The fourth-order valence-corrected chi connectivity index (χ4v) is 6.16. The standard InChI is InChI=1S/C25H26N2O8S/c28-25-17(10-16-11-22-24(13-20(16)26-25)35-9-8-33-22)14-27(15-18-2-1-5-31-18)36(29,30)19-3-4-21-23(12-19)34-7-6-32-21/h3-4,10-13,18H,1-2,5-9,14-15H2,(H,26,28)/t18-/m1/s1. The lowest BCUT2D eigenvalue weighted by atomic mass is 10.1. The molecule has 2 aromatic carbocycles. The Morgan fingerprint density at radius 3 is 2.28 bits per heavy atom. The molecule has 0 bridgehead atoms. The zero-order valence-electron chi connectivity index (χ0n) is 19.5. The Bertz CT molecular complexity index is 1460. The molecular weight excluding hydrogens is 488 g/mol. The van der Waals surface area contributed by atoms with Gasteiger partial charge in [0.25, 0.3) is 5.56 Å². The highest BCUT2D eigenvalue weighted by Gasteiger charge is 2.31. The third-order valence-electron chi connectivity index (χ3n) is 6.51. The van der Waals surface area contributed by atoms with Gasteiger partial charge in [-0.15, -0.1) is 0 Å². The minimum Gasteiger partial charge on any atom is -0.486 e. The summed E-state index contributed by atoms with van der Waals surface area (Å²) in [6, 6.07) is 9.79. The summed E-state index contributed by atoms with van der Waals surface area (Å²) in [6.45, 7) is 2.25. The molecule has 1 atom stereocenters. The molecule has 3 aromatic rings. The Hall–Kier alpha value is -3.28. The second-order valence-electron chi connectivity index (χ2n) is 8.94. The Morgan fingerprint density at radius 1 is 0.861 bits per heavy atom. The Labute approximate surface area is 207 Å². The molecule has 1 aromatic heterocycles. The van der Waals surface area contributed by atoms with Crippen molar-refractivity contribution in [2.45, 2.75) is 30.4 Å². The van der Waals surface area contributed by atoms with Crippen molar-refractivity contribution in [1.29, 1.82) is 0 Å². The van der Waals surface area contributed by atoms with Crippen LogP contribution < -0.4 is 24.5 Å². The Kier molecular flexibility index (Phi) is 5.98. The minimum atomic E-state index is -3.98. The quantitative estimate of drug-likeness (QED) is 0.533. The lowest BCUT2D eigenvalue weighted by molar-refractivity contribution is 0.0925. The summed E-state index contributed by atoms with van der Waals surface area (Å²) < 4.78 is 57.1. The molecule has 6 rings (SSSR count). The van der Waals surface area contributed by atoms with Gasteiger partial charge in [-0.25, -0.2) is 8.42 Å². The van der Waals surface area contributed by atoms with Crippen molar-refractivity contribution >= 4 is 20.9 Å². The molecule has 1 saturated heterocycles. The molecule has 11 heteroatoms. The van der Waals surface area contributed by atoms with Crippen LogP contribution in [0.1, 0.15) is 18.4 Å². The second kappa shape index (κ2) is 9.30. The fourth-order valence-electron chi connectivity index (χ4n) is 4.69. The van der Waals surface area contributed by atoms with E-state index in [0.717, 1.165) is 18.2 Å². The zero-order valence-corrected chi connectivity index (χ0v) is 20.3. The normalized spacial score (nSPS) is 19.1. The maximum atomic E-state index is 13.8. The monoisotopic (exact) mass is 514 g/mol. The maximum Gasteiger partial charge on any atom is 0.252 e. The lowest BCUT2D eigenvalue weighted by Gasteiger charge is -2.26. The van der Waals surface area contributed by atoms with Crippen LogP contribution in [0.25, 0.3) is 10.9 Å². The SMILES string of the molecule is O=c1[nH]c2cc3c(cc2cc1CN(C[C@H]1CCCO1)S(=O)(=O)c1ccc2c(c1)OCCO2)OCCO3. The molecule has 0 aliphatic carbocycles. The molecule has 3 aliphatic rings. The van der Waals surface area contributed by atoms with E-state index in [1.165, 1.54) is 16.4 Å². The van der Waals surface area contributed by atoms with E-state index >= 15 is 0 Å². The van der Waals surface area contributed by atoms with Crippen LogP contribution in [-0.2, 0) is 21.3 Å². The van der Waals surface area contributed by atoms with Crippen LogP contribution in [0.2, 0.25) is 0 Å². The molecule has 0 amide bonds. The number of H-pyrrole nitrogens is 1. The average molecular weight is 515 g/mol. The first-order chi connectivity index (χ1) is 17.5. The van der Waals surface area contributed by atoms with Crippen molar-refractivity contribution in [3.63, 3.8) is 0 Å². The highest BCUT2D eigenvalue weighted by molar-refractivity contribution is 7.89. The van der Waals surface area contributed by atoms with Crippen molar-refractivity contribution in [1.82, 2.24) is 9.29 Å². The van der Waals surface area contributed by atoms with Crippen LogP contribution in [0.15, 0.2) is 46.1 Å². The number of pyridine rings is 1. The van der Waals surface area contributed by atoms with Gasteiger partial charge in [-0.05, 0) is 37.1 Å². The predicted octanol–water partition coefficient (Wildman–Crippen LogP) is 2.44. The molecule has 36 heavy (non-hydrogen) atoms. The molecule has 0 unspecified atom stereocenters. The van der Waals surface area contributed by atoms with Crippen LogP contribution in [0.4, 0.5) is 0 Å². The van der Waals surface area contributed by atoms with Crippen LogP contribution in [0.3, 0.4) is 0 Å². The first-order valence-corrected chi connectivity index (χ1v) is 13.4. The van der Waals surface area contributed by atoms with Gasteiger partial charge >= 0.3 is 0 Å². The summed E-state index contributed by atoms with van der Waals surface area (Å²) in [5, 5.41) is 0.725. The van der Waals surface area contributed by atoms with Gasteiger partial charge in [-0.1, -0.05) is 0 Å². The van der Waals surface area contributed by atoms with Gasteiger partial charge in [0.2, 0.25) is 10.0 Å². The largest absolute Gasteiger partial charge is 0.486 e. The number of benzene rings is 2. The smallest absolute Gasteiger partial charge is 0.252 e. The third kappa shape index (κ3) is 4.38. The van der Waals surface area contributed by atoms with Gasteiger partial charge in [0, 0.05) is 42.8 Å². The van der Waals surface area contributed by atoms with Crippen molar-refractivity contribution in [3.8, 4) is 23.0 Å². The van der Waals surface area contributed by atoms with Crippen LogP contribution in [-0.4, -0.2) is 63.4 Å². The van der Waals surface area contributed by atoms with Crippen LogP contribution in [0.5, 0.6) is 23.0 Å². The summed E-state index contributed by atoms with van der Waals surface area (Å²) in [6.07, 6.45) is 1.38. The van der Waals surface area contributed by atoms with E-state index < -0.39 is 10.0 Å². The summed E-state index contributed by atoms with van der Waals surface area (Å²) >= 11 is 0. The molecular formula is C25H26N2O8S. The highest BCUT2D eigenvalue weighted by atomic mass is 32.2. The summed E-state index contributed by atoms with van der Waals surface area (Å²) in [5.41, 5.74) is 0.542. The van der Waals surface area contributed by atoms with E-state index in [-0.39, 0.29) is 29.6 Å². The van der Waals surface area contributed by atoms with Crippen LogP contribution in [0, 0.1) is 0 Å². The van der Waals surface area contributed by atoms with E-state index in [4.69, 9.17) is 23.7 Å². The van der Waals surface area contributed by atoms with Crippen molar-refractivity contribution in [3.05, 3.63) is 52.3 Å². The third-order valence-corrected chi connectivity index (χ3v) is 8.32. The van der Waals surface area contributed by atoms with Gasteiger partial charge in [0.05, 0.1) is 16.5 Å². The molecule has 1 N–H and O–H groups in total. The highest BCUT2D eigenvalue weighted by Crippen LogP contribution is 2.35. The van der Waals surface area contributed by atoms with Gasteiger partial charge in [-0.2, -0.15) is 4.31 Å². The number of fused-ring (bicyclic) bond motifs is 3. The molecule has 1 fully saturated rings. The Morgan fingerprint density at radius 2 is 1.56 bits per heavy atom. The molecule has 190 valence electrons. The van der Waals surface area contributed by atoms with Gasteiger partial charge in [0.15, 0.2) is 23.0 Å². The molecule has 0 saturated carbocycles. The second-order valence-corrected chi connectivity index (χ2v) is 10.9. The molecule has 3 aliphatic heterocycles. The maximum absolute atomic E-state index is 13.8. The summed E-state index contributed by atoms with van der Waals surface area (Å²) in [7, 11) is -3.98. The number of nitrogens with one attached hydrogen (secondary N) is 1. The Balaban J connectivity index is 1.37. The van der Waals surface area contributed by atoms with Crippen molar-refractivity contribution in [2.24, 2.45) is 0 Å². The van der Waals surface area contributed by atoms with Crippen molar-refractivity contribution in [2.75, 3.05) is 39.6 Å². The summed E-state index contributed by atoms with van der Waals surface area (Å²) in [5.74, 6) is 2.05. The van der Waals surface area contributed by atoms with Gasteiger partial charge in [0.1, 0.15) is 26.4 Å². The summed E-state index contributed by atoms with van der Waals surface area (Å²) in [4.78, 5) is 15.9. The number of aromatic amines is 1. The number of aromatic nitrogens is 1. The number of hydrogen-bond acceptors (Lipinski definition) is 8. The van der Waals surface area contributed by atoms with E-state index in [1.807, 2.05) is 0 Å².